The summed E-state index contributed by atoms with van der Waals surface area (Å²) in [4.78, 5) is 13.7. The fourth-order valence-electron chi connectivity index (χ4n) is 0.479. The van der Waals surface area contributed by atoms with Crippen LogP contribution in [0.4, 0.5) is 0 Å². The molecule has 47 valence electrons. The molecule has 1 aromatic rings. The normalized spacial score (nSPS) is 13.0. The smallest absolute Gasteiger partial charge is 0.209 e. The van der Waals surface area contributed by atoms with Crippen molar-refractivity contribution in [2.45, 2.75) is 12.8 Å². The van der Waals surface area contributed by atoms with E-state index in [1.54, 1.807) is 13.2 Å². The van der Waals surface area contributed by atoms with Gasteiger partial charge in [-0.05, 0) is 6.92 Å². The lowest BCUT2D eigenvalue weighted by molar-refractivity contribution is 0.544. The first kappa shape index (κ1) is 5.94. The Hall–Kier alpha value is -1.19. The fraction of sp³-hybridized carbons (Fsp3) is 0.400. The Bertz CT molecular complexity index is 182. The highest BCUT2D eigenvalue weighted by Crippen LogP contribution is 2.02. The number of nitrogens with one attached hydrogen (secondary N) is 1. The number of carbonyl (C=O) groups excluding carboxylic acids is 1. The molecule has 0 saturated carbocycles. The van der Waals surface area contributed by atoms with Gasteiger partial charge < -0.3 is 0 Å². The monoisotopic (exact) mass is 124 g/mol. The molecule has 0 aliphatic rings. The van der Waals surface area contributed by atoms with Crippen LogP contribution in [0.25, 0.3) is 0 Å². The quantitative estimate of drug-likeness (QED) is 0.604. The van der Waals surface area contributed by atoms with Gasteiger partial charge in [-0.2, -0.15) is 5.10 Å². The summed E-state index contributed by atoms with van der Waals surface area (Å²) in [7, 11) is 0. The van der Waals surface area contributed by atoms with Crippen molar-refractivity contribution in [3.63, 3.8) is 0 Å². The minimum atomic E-state index is -0.299. The van der Waals surface area contributed by atoms with Crippen molar-refractivity contribution < 1.29 is 4.79 Å². The van der Waals surface area contributed by atoms with Crippen LogP contribution >= 0.6 is 0 Å². The zero-order chi connectivity index (χ0) is 6.69. The third kappa shape index (κ3) is 1.13. The zero-order valence-electron chi connectivity index (χ0n) is 4.96. The first-order chi connectivity index (χ1) is 4.34. The molecule has 0 aliphatic heterocycles. The van der Waals surface area contributed by atoms with Gasteiger partial charge in [0, 0.05) is 0 Å². The molecule has 4 nitrogen and oxygen atoms in total. The minimum Gasteiger partial charge on any atom is -0.290 e. The van der Waals surface area contributed by atoms with Gasteiger partial charge in [-0.3, -0.25) is 9.89 Å². The predicted molar refractivity (Wildman–Crippen MR) is 30.5 cm³/mol. The number of rotatable bonds is 2. The minimum absolute atomic E-state index is 0.299. The highest BCUT2D eigenvalue weighted by molar-refractivity contribution is 5.59. The zero-order valence-corrected chi connectivity index (χ0v) is 4.96. The van der Waals surface area contributed by atoms with Crippen LogP contribution in [-0.2, 0) is 4.79 Å². The van der Waals surface area contributed by atoms with Crippen LogP contribution in [0.2, 0.25) is 0 Å². The molecule has 9 heavy (non-hydrogen) atoms. The van der Waals surface area contributed by atoms with Crippen LogP contribution in [0, 0.1) is 0 Å². The molecular weight excluding hydrogens is 118 g/mol. The summed E-state index contributed by atoms with van der Waals surface area (Å²) in [6, 6.07) is 0. The first-order valence-corrected chi connectivity index (χ1v) is 2.57. The van der Waals surface area contributed by atoms with Gasteiger partial charge in [0.05, 0.1) is 5.92 Å². The summed E-state index contributed by atoms with van der Waals surface area (Å²) in [5.41, 5.74) is 0. The third-order valence-corrected chi connectivity index (χ3v) is 1.02. The van der Waals surface area contributed by atoms with E-state index >= 15 is 0 Å². The Kier molecular flexibility index (Phi) is 1.58. The van der Waals surface area contributed by atoms with Crippen molar-refractivity contribution in [3.8, 4) is 0 Å². The largest absolute Gasteiger partial charge is 0.290 e. The number of aromatic nitrogens is 3. The second-order valence-electron chi connectivity index (χ2n) is 1.71. The number of aromatic amines is 1. The Morgan fingerprint density at radius 2 is 2.67 bits per heavy atom. The summed E-state index contributed by atoms with van der Waals surface area (Å²) < 4.78 is 0. The molecule has 1 rings (SSSR count). The van der Waals surface area contributed by atoms with E-state index in [4.69, 9.17) is 0 Å². The van der Waals surface area contributed by atoms with Crippen molar-refractivity contribution in [3.05, 3.63) is 12.2 Å². The van der Waals surface area contributed by atoms with Gasteiger partial charge in [0.2, 0.25) is 6.29 Å². The second-order valence-corrected chi connectivity index (χ2v) is 1.71. The fourth-order valence-corrected chi connectivity index (χ4v) is 0.479. The van der Waals surface area contributed by atoms with E-state index in [9.17, 15) is 4.79 Å². The molecular formula is C5H6N3O. The number of H-pyrrole nitrogens is 1. The van der Waals surface area contributed by atoms with Crippen LogP contribution in [0.1, 0.15) is 18.7 Å². The molecule has 1 unspecified atom stereocenters. The van der Waals surface area contributed by atoms with Crippen LogP contribution in [-0.4, -0.2) is 21.5 Å². The highest BCUT2D eigenvalue weighted by Gasteiger charge is 2.05. The lowest BCUT2D eigenvalue weighted by Crippen LogP contribution is -1.96. The molecule has 0 spiro atoms. The molecule has 0 amide bonds. The standard InChI is InChI=1S/C5H6N3O/c1-4(2-9)5-6-3-7-8-5/h3-4H,1H3,(H,6,7,8). The van der Waals surface area contributed by atoms with Gasteiger partial charge in [-0.25, -0.2) is 4.98 Å². The Morgan fingerprint density at radius 1 is 1.89 bits per heavy atom. The Morgan fingerprint density at radius 3 is 3.11 bits per heavy atom. The molecule has 0 aromatic carbocycles. The maximum atomic E-state index is 9.99. The predicted octanol–water partition coefficient (Wildman–Crippen LogP) is 0.0179. The van der Waals surface area contributed by atoms with Gasteiger partial charge in [-0.15, -0.1) is 0 Å². The van der Waals surface area contributed by atoms with E-state index in [-0.39, 0.29) is 5.92 Å². The molecule has 4 heteroatoms. The summed E-state index contributed by atoms with van der Waals surface area (Å²) in [5.74, 6) is 0.262. The van der Waals surface area contributed by atoms with Gasteiger partial charge >= 0.3 is 0 Å². The van der Waals surface area contributed by atoms with E-state index in [2.05, 4.69) is 15.2 Å². The number of nitrogens with zero attached hydrogens (tertiary/aromatic N) is 2. The molecule has 1 atom stereocenters. The van der Waals surface area contributed by atoms with Gasteiger partial charge in [0.1, 0.15) is 12.2 Å². The van der Waals surface area contributed by atoms with E-state index in [1.165, 1.54) is 6.33 Å². The van der Waals surface area contributed by atoms with Gasteiger partial charge in [-0.1, -0.05) is 0 Å². The van der Waals surface area contributed by atoms with E-state index in [1.807, 2.05) is 0 Å². The topological polar surface area (TPSA) is 58.6 Å². The maximum absolute atomic E-state index is 9.99. The third-order valence-electron chi connectivity index (χ3n) is 1.02. The molecule has 0 aliphatic carbocycles. The highest BCUT2D eigenvalue weighted by atomic mass is 16.1. The number of hydrogen-bond donors (Lipinski definition) is 1. The summed E-state index contributed by atoms with van der Waals surface area (Å²) >= 11 is 0. The van der Waals surface area contributed by atoms with E-state index in [0.29, 0.717) is 5.82 Å². The Balaban J connectivity index is 2.76. The van der Waals surface area contributed by atoms with Crippen LogP contribution in [0.3, 0.4) is 0 Å². The lowest BCUT2D eigenvalue weighted by Gasteiger charge is -1.91. The average Bonchev–Trinajstić information content (AvgIpc) is 2.37. The van der Waals surface area contributed by atoms with Crippen molar-refractivity contribution in [1.29, 1.82) is 0 Å². The SMILES string of the molecule is CC([C]=O)c1ncn[nH]1. The van der Waals surface area contributed by atoms with E-state index < -0.39 is 0 Å². The summed E-state index contributed by atoms with van der Waals surface area (Å²) in [6.07, 6.45) is 3.15. The maximum Gasteiger partial charge on any atom is 0.209 e. The van der Waals surface area contributed by atoms with Crippen LogP contribution in [0.15, 0.2) is 6.33 Å². The van der Waals surface area contributed by atoms with Crippen molar-refractivity contribution in [1.82, 2.24) is 15.2 Å². The summed E-state index contributed by atoms with van der Waals surface area (Å²) in [5, 5.41) is 6.14. The molecule has 0 fully saturated rings. The summed E-state index contributed by atoms with van der Waals surface area (Å²) in [6.45, 7) is 1.70. The first-order valence-electron chi connectivity index (χ1n) is 2.57. The lowest BCUT2D eigenvalue weighted by atomic mass is 10.2. The molecule has 1 aromatic heterocycles. The van der Waals surface area contributed by atoms with Gasteiger partial charge in [0.15, 0.2) is 0 Å². The van der Waals surface area contributed by atoms with Crippen molar-refractivity contribution in [2.75, 3.05) is 0 Å². The van der Waals surface area contributed by atoms with E-state index in [0.717, 1.165) is 0 Å². The average molecular weight is 124 g/mol. The molecule has 0 saturated heterocycles. The van der Waals surface area contributed by atoms with Crippen molar-refractivity contribution >= 4 is 6.29 Å². The molecule has 1 N–H and O–H groups in total. The second kappa shape index (κ2) is 2.39. The van der Waals surface area contributed by atoms with Gasteiger partial charge in [0.25, 0.3) is 0 Å². The van der Waals surface area contributed by atoms with Crippen molar-refractivity contribution in [2.24, 2.45) is 0 Å². The Labute approximate surface area is 52.3 Å². The number of hydrogen-bond acceptors (Lipinski definition) is 3. The molecule has 1 heterocycles. The molecule has 1 radical (unpaired) electrons. The molecule has 0 bridgehead atoms. The van der Waals surface area contributed by atoms with Crippen LogP contribution < -0.4 is 0 Å². The van der Waals surface area contributed by atoms with Crippen LogP contribution in [0.5, 0.6) is 0 Å².